The summed E-state index contributed by atoms with van der Waals surface area (Å²) in [6.07, 6.45) is 2.45. The first-order chi connectivity index (χ1) is 14.9. The van der Waals surface area contributed by atoms with Crippen molar-refractivity contribution in [3.05, 3.63) is 41.5 Å². The number of ether oxygens (including phenoxy) is 4. The summed E-state index contributed by atoms with van der Waals surface area (Å²) in [6.45, 7) is 4.34. The lowest BCUT2D eigenvalue weighted by Crippen LogP contribution is -2.32. The maximum atomic E-state index is 12.8. The number of aryl methyl sites for hydroxylation is 1. The molecule has 0 unspecified atom stereocenters. The van der Waals surface area contributed by atoms with Crippen molar-refractivity contribution in [1.29, 1.82) is 0 Å². The summed E-state index contributed by atoms with van der Waals surface area (Å²) in [5.41, 5.74) is 2.48. The highest BCUT2D eigenvalue weighted by molar-refractivity contribution is 6.01. The lowest BCUT2D eigenvalue weighted by atomic mass is 9.99. The molecule has 0 atom stereocenters. The maximum absolute atomic E-state index is 12.8. The van der Waals surface area contributed by atoms with Crippen molar-refractivity contribution < 1.29 is 28.5 Å². The molecular weight excluding hydrogens is 396 g/mol. The van der Waals surface area contributed by atoms with Gasteiger partial charge in [0.05, 0.1) is 20.8 Å². The first-order valence-electron chi connectivity index (χ1n) is 10.7. The molecule has 2 aliphatic carbocycles. The highest BCUT2D eigenvalue weighted by Gasteiger charge is 2.55. The third-order valence-electron chi connectivity index (χ3n) is 5.76. The Bertz CT molecular complexity index is 1020. The molecule has 164 valence electrons. The molecule has 6 nitrogen and oxygen atoms in total. The van der Waals surface area contributed by atoms with Crippen LogP contribution in [-0.2, 0) is 16.0 Å². The van der Waals surface area contributed by atoms with Gasteiger partial charge in [-0.1, -0.05) is 32.0 Å². The molecule has 4 rings (SSSR count). The van der Waals surface area contributed by atoms with Gasteiger partial charge < -0.3 is 18.9 Å². The van der Waals surface area contributed by atoms with Gasteiger partial charge in [0.1, 0.15) is 0 Å². The zero-order chi connectivity index (χ0) is 22.2. The van der Waals surface area contributed by atoms with Crippen LogP contribution in [-0.4, -0.2) is 38.2 Å². The molecule has 0 aliphatic heterocycles. The van der Waals surface area contributed by atoms with Gasteiger partial charge in [-0.15, -0.1) is 0 Å². The van der Waals surface area contributed by atoms with Gasteiger partial charge in [-0.2, -0.15) is 0 Å². The molecule has 0 aromatic heterocycles. The lowest BCUT2D eigenvalue weighted by molar-refractivity contribution is -0.155. The number of rotatable bonds is 8. The number of hydrogen-bond donors (Lipinski definition) is 0. The molecule has 0 N–H and O–H groups in total. The number of ketones is 1. The number of hydrogen-bond acceptors (Lipinski definition) is 6. The Hall–Kier alpha value is -3.02. The van der Waals surface area contributed by atoms with Gasteiger partial charge in [-0.25, -0.2) is 4.79 Å². The minimum atomic E-state index is -1.00. The van der Waals surface area contributed by atoms with E-state index in [0.717, 1.165) is 28.7 Å². The monoisotopic (exact) mass is 424 g/mol. The Kier molecular flexibility index (Phi) is 5.65. The molecular formula is C25H28O6. The summed E-state index contributed by atoms with van der Waals surface area (Å²) in [7, 11) is 3.11. The van der Waals surface area contributed by atoms with E-state index in [-0.39, 0.29) is 17.7 Å². The van der Waals surface area contributed by atoms with E-state index < -0.39 is 5.60 Å². The molecule has 1 fully saturated rings. The summed E-state index contributed by atoms with van der Waals surface area (Å²) in [4.78, 5) is 24.8. The molecule has 0 saturated heterocycles. The Morgan fingerprint density at radius 3 is 2.39 bits per heavy atom. The van der Waals surface area contributed by atoms with Gasteiger partial charge in [0.2, 0.25) is 11.4 Å². The van der Waals surface area contributed by atoms with Crippen molar-refractivity contribution >= 4 is 11.8 Å². The SMILES string of the molecule is COc1ccc(-c2ccc3c(c2)CCC3=O)c(OC2(C(=O)OCC(C)C)CC2)c1OC. The van der Waals surface area contributed by atoms with Crippen molar-refractivity contribution in [3.8, 4) is 28.4 Å². The van der Waals surface area contributed by atoms with Crippen LogP contribution in [0.3, 0.4) is 0 Å². The van der Waals surface area contributed by atoms with E-state index in [0.29, 0.717) is 43.1 Å². The van der Waals surface area contributed by atoms with Gasteiger partial charge in [0, 0.05) is 30.4 Å². The maximum Gasteiger partial charge on any atom is 0.350 e. The molecule has 0 heterocycles. The van der Waals surface area contributed by atoms with Crippen molar-refractivity contribution in [2.24, 2.45) is 5.92 Å². The minimum Gasteiger partial charge on any atom is -0.493 e. The summed E-state index contributed by atoms with van der Waals surface area (Å²) in [5, 5.41) is 0. The molecule has 6 heteroatoms. The van der Waals surface area contributed by atoms with Crippen LogP contribution in [0.25, 0.3) is 11.1 Å². The predicted octanol–water partition coefficient (Wildman–Crippen LogP) is 4.61. The Morgan fingerprint density at radius 1 is 1.00 bits per heavy atom. The zero-order valence-corrected chi connectivity index (χ0v) is 18.4. The van der Waals surface area contributed by atoms with E-state index in [1.165, 1.54) is 0 Å². The van der Waals surface area contributed by atoms with E-state index in [2.05, 4.69) is 0 Å². The number of carbonyl (C=O) groups is 2. The van der Waals surface area contributed by atoms with Crippen molar-refractivity contribution in [2.45, 2.75) is 45.1 Å². The fourth-order valence-electron chi connectivity index (χ4n) is 3.88. The first kappa shape index (κ1) is 21.2. The quantitative estimate of drug-likeness (QED) is 0.577. The highest BCUT2D eigenvalue weighted by atomic mass is 16.6. The largest absolute Gasteiger partial charge is 0.493 e. The Balaban J connectivity index is 1.74. The van der Waals surface area contributed by atoms with Crippen molar-refractivity contribution in [2.75, 3.05) is 20.8 Å². The standard InChI is InChI=1S/C25H28O6/c1-15(2)14-30-24(27)25(11-12-25)31-22-19(8-10-21(28-3)23(22)29-4)17-5-7-18-16(13-17)6-9-20(18)26/h5,7-8,10,13,15H,6,9,11-12,14H2,1-4H3. The fraction of sp³-hybridized carbons (Fsp3) is 0.440. The van der Waals surface area contributed by atoms with Crippen molar-refractivity contribution in [1.82, 2.24) is 0 Å². The molecule has 2 aromatic rings. The molecule has 31 heavy (non-hydrogen) atoms. The summed E-state index contributed by atoms with van der Waals surface area (Å²) in [6, 6.07) is 9.50. The Labute approximate surface area is 182 Å². The van der Waals surface area contributed by atoms with Crippen LogP contribution in [0.1, 0.15) is 49.0 Å². The topological polar surface area (TPSA) is 71.1 Å². The van der Waals surface area contributed by atoms with Gasteiger partial charge >= 0.3 is 5.97 Å². The van der Waals surface area contributed by atoms with E-state index in [1.54, 1.807) is 14.2 Å². The normalized spacial score (nSPS) is 16.1. The molecule has 1 saturated carbocycles. The van der Waals surface area contributed by atoms with Crippen LogP contribution < -0.4 is 14.2 Å². The predicted molar refractivity (Wildman–Crippen MR) is 116 cm³/mol. The van der Waals surface area contributed by atoms with Gasteiger partial charge in [-0.05, 0) is 35.6 Å². The van der Waals surface area contributed by atoms with E-state index in [9.17, 15) is 9.59 Å². The zero-order valence-electron chi connectivity index (χ0n) is 18.4. The van der Waals surface area contributed by atoms with Crippen LogP contribution in [0.2, 0.25) is 0 Å². The minimum absolute atomic E-state index is 0.176. The second-order valence-corrected chi connectivity index (χ2v) is 8.56. The third kappa shape index (κ3) is 3.99. The Morgan fingerprint density at radius 2 is 1.74 bits per heavy atom. The van der Waals surface area contributed by atoms with Crippen LogP contribution >= 0.6 is 0 Å². The fourth-order valence-corrected chi connectivity index (χ4v) is 3.88. The molecule has 2 aliphatic rings. The number of fused-ring (bicyclic) bond motifs is 1. The van der Waals surface area contributed by atoms with E-state index in [4.69, 9.17) is 18.9 Å². The van der Waals surface area contributed by atoms with Crippen LogP contribution in [0.15, 0.2) is 30.3 Å². The second-order valence-electron chi connectivity index (χ2n) is 8.56. The number of benzene rings is 2. The average Bonchev–Trinajstić information content (AvgIpc) is 3.46. The van der Waals surface area contributed by atoms with E-state index >= 15 is 0 Å². The van der Waals surface area contributed by atoms with Crippen LogP contribution in [0, 0.1) is 5.92 Å². The van der Waals surface area contributed by atoms with Gasteiger partial charge in [0.25, 0.3) is 0 Å². The summed E-state index contributed by atoms with van der Waals surface area (Å²) < 4.78 is 22.9. The van der Waals surface area contributed by atoms with E-state index in [1.807, 2.05) is 44.2 Å². The number of Topliss-reactive ketones (excluding diaryl/α,β-unsaturated/α-hetero) is 1. The van der Waals surface area contributed by atoms with Gasteiger partial charge in [-0.3, -0.25) is 4.79 Å². The number of carbonyl (C=O) groups excluding carboxylic acids is 2. The summed E-state index contributed by atoms with van der Waals surface area (Å²) >= 11 is 0. The van der Waals surface area contributed by atoms with Gasteiger partial charge in [0.15, 0.2) is 17.3 Å². The lowest BCUT2D eigenvalue weighted by Gasteiger charge is -2.23. The molecule has 0 amide bonds. The molecule has 0 spiro atoms. The summed E-state index contributed by atoms with van der Waals surface area (Å²) in [5.74, 6) is 1.47. The first-order valence-corrected chi connectivity index (χ1v) is 10.7. The molecule has 0 radical (unpaired) electrons. The average molecular weight is 424 g/mol. The van der Waals surface area contributed by atoms with Crippen LogP contribution in [0.4, 0.5) is 0 Å². The molecule has 2 aromatic carbocycles. The number of methoxy groups -OCH3 is 2. The van der Waals surface area contributed by atoms with Crippen LogP contribution in [0.5, 0.6) is 17.2 Å². The number of esters is 1. The highest BCUT2D eigenvalue weighted by Crippen LogP contribution is 2.51. The smallest absolute Gasteiger partial charge is 0.350 e. The van der Waals surface area contributed by atoms with Crippen molar-refractivity contribution in [3.63, 3.8) is 0 Å². The second kappa shape index (κ2) is 8.25. The molecule has 0 bridgehead atoms. The third-order valence-corrected chi connectivity index (χ3v) is 5.76.